The Hall–Kier alpha value is -0.780. The first-order chi connectivity index (χ1) is 7.46. The Kier molecular flexibility index (Phi) is 4.58. The van der Waals surface area contributed by atoms with Crippen molar-refractivity contribution >= 4 is 5.91 Å². The van der Waals surface area contributed by atoms with Crippen molar-refractivity contribution in [1.29, 1.82) is 0 Å². The van der Waals surface area contributed by atoms with Crippen LogP contribution >= 0.6 is 0 Å². The van der Waals surface area contributed by atoms with Crippen LogP contribution in [-0.4, -0.2) is 42.8 Å². The van der Waals surface area contributed by atoms with Crippen LogP contribution in [0.1, 0.15) is 26.2 Å². The van der Waals surface area contributed by atoms with Crippen molar-refractivity contribution in [2.45, 2.75) is 38.4 Å². The minimum Gasteiger partial charge on any atom is -0.379 e. The molecule has 1 aliphatic rings. The Morgan fingerprint density at radius 3 is 2.75 bits per heavy atom. The molecule has 0 bridgehead atoms. The van der Waals surface area contributed by atoms with Gasteiger partial charge in [-0.05, 0) is 19.3 Å². The number of alkyl halides is 3. The summed E-state index contributed by atoms with van der Waals surface area (Å²) >= 11 is 0. The molecule has 0 aromatic rings. The van der Waals surface area contributed by atoms with Gasteiger partial charge in [-0.3, -0.25) is 4.79 Å². The van der Waals surface area contributed by atoms with Crippen LogP contribution in [0.5, 0.6) is 0 Å². The Balaban J connectivity index is 2.49. The van der Waals surface area contributed by atoms with E-state index in [1.807, 2.05) is 6.92 Å². The molecule has 6 heteroatoms. The first-order valence-corrected chi connectivity index (χ1v) is 5.42. The van der Waals surface area contributed by atoms with E-state index in [9.17, 15) is 18.0 Å². The first kappa shape index (κ1) is 13.3. The zero-order valence-corrected chi connectivity index (χ0v) is 9.22. The van der Waals surface area contributed by atoms with Crippen LogP contribution in [0.15, 0.2) is 0 Å². The van der Waals surface area contributed by atoms with Crippen molar-refractivity contribution in [1.82, 2.24) is 4.90 Å². The van der Waals surface area contributed by atoms with Gasteiger partial charge in [0, 0.05) is 13.2 Å². The molecule has 1 aliphatic heterocycles. The van der Waals surface area contributed by atoms with Crippen LogP contribution in [0, 0.1) is 0 Å². The Morgan fingerprint density at radius 1 is 1.50 bits per heavy atom. The van der Waals surface area contributed by atoms with E-state index in [2.05, 4.69) is 0 Å². The Morgan fingerprint density at radius 2 is 2.19 bits per heavy atom. The number of likely N-dealkylation sites (tertiary alicyclic amines) is 1. The number of hydrogen-bond acceptors (Lipinski definition) is 2. The first-order valence-electron chi connectivity index (χ1n) is 5.42. The van der Waals surface area contributed by atoms with Crippen molar-refractivity contribution in [3.8, 4) is 0 Å². The lowest BCUT2D eigenvalue weighted by molar-refractivity contribution is -0.187. The largest absolute Gasteiger partial charge is 0.471 e. The molecule has 1 amide bonds. The van der Waals surface area contributed by atoms with Gasteiger partial charge in [-0.2, -0.15) is 13.2 Å². The van der Waals surface area contributed by atoms with Gasteiger partial charge in [0.15, 0.2) is 0 Å². The van der Waals surface area contributed by atoms with Crippen molar-refractivity contribution in [2.75, 3.05) is 19.8 Å². The van der Waals surface area contributed by atoms with Crippen molar-refractivity contribution in [3.05, 3.63) is 0 Å². The third kappa shape index (κ3) is 3.37. The zero-order chi connectivity index (χ0) is 12.2. The lowest BCUT2D eigenvalue weighted by Gasteiger charge is -2.25. The number of ether oxygens (including phenoxy) is 1. The van der Waals surface area contributed by atoms with Gasteiger partial charge in [0.25, 0.3) is 0 Å². The van der Waals surface area contributed by atoms with E-state index >= 15 is 0 Å². The summed E-state index contributed by atoms with van der Waals surface area (Å²) in [6, 6.07) is -0.416. The highest BCUT2D eigenvalue weighted by Crippen LogP contribution is 2.25. The fourth-order valence-electron chi connectivity index (χ4n) is 1.80. The molecule has 94 valence electrons. The molecule has 0 saturated carbocycles. The van der Waals surface area contributed by atoms with Crippen molar-refractivity contribution < 1.29 is 22.7 Å². The fraction of sp³-hybridized carbons (Fsp3) is 0.900. The number of carbonyl (C=O) groups excluding carboxylic acids is 1. The van der Waals surface area contributed by atoms with Crippen LogP contribution in [0.25, 0.3) is 0 Å². The summed E-state index contributed by atoms with van der Waals surface area (Å²) < 4.78 is 41.9. The van der Waals surface area contributed by atoms with Gasteiger partial charge in [-0.15, -0.1) is 0 Å². The standard InChI is InChI=1S/C10H16F3NO2/c1-2-6-16-7-8-4-3-5-14(8)9(15)10(11,12)13/h8H,2-7H2,1H3. The minimum atomic E-state index is -4.77. The molecule has 1 atom stereocenters. The summed E-state index contributed by atoms with van der Waals surface area (Å²) in [4.78, 5) is 11.9. The molecular weight excluding hydrogens is 223 g/mol. The van der Waals surface area contributed by atoms with Gasteiger partial charge in [0.2, 0.25) is 0 Å². The SMILES string of the molecule is CCCOCC1CCCN1C(=O)C(F)(F)F. The monoisotopic (exact) mass is 239 g/mol. The average molecular weight is 239 g/mol. The smallest absolute Gasteiger partial charge is 0.379 e. The summed E-state index contributed by atoms with van der Waals surface area (Å²) in [7, 11) is 0. The molecule has 16 heavy (non-hydrogen) atoms. The second-order valence-electron chi connectivity index (χ2n) is 3.87. The van der Waals surface area contributed by atoms with Crippen LogP contribution < -0.4 is 0 Å². The maximum atomic E-state index is 12.2. The van der Waals surface area contributed by atoms with E-state index < -0.39 is 18.1 Å². The summed E-state index contributed by atoms with van der Waals surface area (Å²) in [5.41, 5.74) is 0. The summed E-state index contributed by atoms with van der Waals surface area (Å²) in [5, 5.41) is 0. The maximum absolute atomic E-state index is 12.2. The van der Waals surface area contributed by atoms with Crippen LogP contribution in [0.2, 0.25) is 0 Å². The lowest BCUT2D eigenvalue weighted by atomic mass is 10.2. The molecule has 0 aliphatic carbocycles. The van der Waals surface area contributed by atoms with E-state index in [-0.39, 0.29) is 13.2 Å². The topological polar surface area (TPSA) is 29.5 Å². The third-order valence-electron chi connectivity index (χ3n) is 2.54. The number of amides is 1. The highest BCUT2D eigenvalue weighted by atomic mass is 19.4. The predicted octanol–water partition coefficient (Wildman–Crippen LogP) is 1.97. The van der Waals surface area contributed by atoms with Crippen molar-refractivity contribution in [2.24, 2.45) is 0 Å². The molecule has 0 N–H and O–H groups in total. The molecule has 0 radical (unpaired) electrons. The zero-order valence-electron chi connectivity index (χ0n) is 9.22. The number of nitrogens with zero attached hydrogens (tertiary/aromatic N) is 1. The van der Waals surface area contributed by atoms with E-state index in [1.165, 1.54) is 0 Å². The van der Waals surface area contributed by atoms with Gasteiger partial charge in [-0.25, -0.2) is 0 Å². The summed E-state index contributed by atoms with van der Waals surface area (Å²) in [5.74, 6) is -1.74. The highest BCUT2D eigenvalue weighted by molar-refractivity contribution is 5.82. The van der Waals surface area contributed by atoms with Gasteiger partial charge < -0.3 is 9.64 Å². The van der Waals surface area contributed by atoms with Gasteiger partial charge in [-0.1, -0.05) is 6.92 Å². The Bertz CT molecular complexity index is 243. The second kappa shape index (κ2) is 5.52. The normalized spacial score (nSPS) is 21.5. The van der Waals surface area contributed by atoms with Crippen LogP contribution in [0.3, 0.4) is 0 Å². The molecule has 1 fully saturated rings. The maximum Gasteiger partial charge on any atom is 0.471 e. The molecular formula is C10H16F3NO2. The molecule has 3 nitrogen and oxygen atoms in total. The molecule has 0 aromatic carbocycles. The summed E-state index contributed by atoms with van der Waals surface area (Å²) in [6.07, 6.45) is -2.75. The van der Waals surface area contributed by atoms with Crippen LogP contribution in [-0.2, 0) is 9.53 Å². The van der Waals surface area contributed by atoms with Crippen molar-refractivity contribution in [3.63, 3.8) is 0 Å². The fourth-order valence-corrected chi connectivity index (χ4v) is 1.80. The van der Waals surface area contributed by atoms with Crippen LogP contribution in [0.4, 0.5) is 13.2 Å². The van der Waals surface area contributed by atoms with E-state index in [1.54, 1.807) is 0 Å². The summed E-state index contributed by atoms with van der Waals surface area (Å²) in [6.45, 7) is 2.83. The van der Waals surface area contributed by atoms with Gasteiger partial charge in [0.05, 0.1) is 12.6 Å². The second-order valence-corrected chi connectivity index (χ2v) is 3.87. The quantitative estimate of drug-likeness (QED) is 0.702. The number of hydrogen-bond donors (Lipinski definition) is 0. The number of rotatable bonds is 4. The van der Waals surface area contributed by atoms with Gasteiger partial charge in [0.1, 0.15) is 0 Å². The molecule has 1 heterocycles. The highest BCUT2D eigenvalue weighted by Gasteiger charge is 2.45. The third-order valence-corrected chi connectivity index (χ3v) is 2.54. The molecule has 0 aromatic heterocycles. The van der Waals surface area contributed by atoms with E-state index in [0.29, 0.717) is 19.4 Å². The lowest BCUT2D eigenvalue weighted by Crippen LogP contribution is -2.45. The molecule has 1 rings (SSSR count). The minimum absolute atomic E-state index is 0.179. The molecule has 1 unspecified atom stereocenters. The number of halogens is 3. The predicted molar refractivity (Wildman–Crippen MR) is 51.9 cm³/mol. The molecule has 0 spiro atoms. The number of carbonyl (C=O) groups is 1. The molecule has 1 saturated heterocycles. The average Bonchev–Trinajstić information content (AvgIpc) is 2.64. The van der Waals surface area contributed by atoms with Gasteiger partial charge >= 0.3 is 12.1 Å². The Labute approximate surface area is 92.5 Å². The van der Waals surface area contributed by atoms with E-state index in [0.717, 1.165) is 11.3 Å². The van der Waals surface area contributed by atoms with E-state index in [4.69, 9.17) is 4.74 Å².